The summed E-state index contributed by atoms with van der Waals surface area (Å²) in [5, 5.41) is 0. The number of fused-ring (bicyclic) bond motifs is 1. The predicted molar refractivity (Wildman–Crippen MR) is 69.0 cm³/mol. The minimum atomic E-state index is 0.140. The number of rotatable bonds is 1. The van der Waals surface area contributed by atoms with Crippen molar-refractivity contribution >= 4 is 6.08 Å². The molecule has 1 nitrogen and oxygen atoms in total. The summed E-state index contributed by atoms with van der Waals surface area (Å²) in [7, 11) is 1.75. The second-order valence-corrected chi connectivity index (χ2v) is 5.44. The Morgan fingerprint density at radius 2 is 1.94 bits per heavy atom. The Bertz CT molecular complexity index is 422. The molecule has 0 aromatic heterocycles. The first-order valence-electron chi connectivity index (χ1n) is 5.90. The van der Waals surface area contributed by atoms with Crippen molar-refractivity contribution < 1.29 is 4.74 Å². The van der Waals surface area contributed by atoms with Crippen molar-refractivity contribution in [1.29, 1.82) is 0 Å². The number of benzene rings is 1. The normalized spacial score (nSPS) is 14.8. The standard InChI is InChI=1S/C15H20O/c1-15(2,3)13-9-11-7-5-6-8-12(11)10-14(13)16-4/h6,8-10H,5,7H2,1-4H3. The third-order valence-corrected chi connectivity index (χ3v) is 3.15. The van der Waals surface area contributed by atoms with E-state index in [-0.39, 0.29) is 5.41 Å². The van der Waals surface area contributed by atoms with Gasteiger partial charge in [-0.15, -0.1) is 0 Å². The highest BCUT2D eigenvalue weighted by Gasteiger charge is 2.21. The van der Waals surface area contributed by atoms with Crippen molar-refractivity contribution in [2.75, 3.05) is 7.11 Å². The van der Waals surface area contributed by atoms with Gasteiger partial charge in [-0.25, -0.2) is 0 Å². The first kappa shape index (κ1) is 11.3. The number of allylic oxidation sites excluding steroid dienone is 1. The topological polar surface area (TPSA) is 9.23 Å². The monoisotopic (exact) mass is 216 g/mol. The molecule has 0 atom stereocenters. The van der Waals surface area contributed by atoms with Gasteiger partial charge in [0.2, 0.25) is 0 Å². The molecule has 2 rings (SSSR count). The second kappa shape index (κ2) is 3.97. The molecule has 0 saturated heterocycles. The molecule has 1 aliphatic carbocycles. The van der Waals surface area contributed by atoms with Gasteiger partial charge in [0, 0.05) is 0 Å². The third-order valence-electron chi connectivity index (χ3n) is 3.15. The van der Waals surface area contributed by atoms with E-state index < -0.39 is 0 Å². The number of hydrogen-bond acceptors (Lipinski definition) is 1. The molecule has 0 amide bonds. The van der Waals surface area contributed by atoms with E-state index in [0.29, 0.717) is 0 Å². The molecule has 86 valence electrons. The first-order valence-corrected chi connectivity index (χ1v) is 5.90. The maximum atomic E-state index is 5.50. The van der Waals surface area contributed by atoms with Crippen LogP contribution >= 0.6 is 0 Å². The molecular weight excluding hydrogens is 196 g/mol. The molecule has 1 aromatic rings. The first-order chi connectivity index (χ1) is 7.52. The molecule has 0 radical (unpaired) electrons. The Hall–Kier alpha value is -1.24. The van der Waals surface area contributed by atoms with Gasteiger partial charge in [0.25, 0.3) is 0 Å². The lowest BCUT2D eigenvalue weighted by Crippen LogP contribution is -2.14. The van der Waals surface area contributed by atoms with E-state index in [1.54, 1.807) is 7.11 Å². The molecule has 0 fully saturated rings. The van der Waals surface area contributed by atoms with Crippen LogP contribution in [-0.2, 0) is 11.8 Å². The van der Waals surface area contributed by atoms with Crippen LogP contribution in [0.15, 0.2) is 18.2 Å². The van der Waals surface area contributed by atoms with Crippen LogP contribution in [0, 0.1) is 0 Å². The van der Waals surface area contributed by atoms with E-state index in [0.717, 1.165) is 18.6 Å². The molecule has 0 N–H and O–H groups in total. The lowest BCUT2D eigenvalue weighted by atomic mass is 9.83. The van der Waals surface area contributed by atoms with Crippen molar-refractivity contribution in [2.45, 2.75) is 39.0 Å². The predicted octanol–water partition coefficient (Wildman–Crippen LogP) is 3.95. The minimum Gasteiger partial charge on any atom is -0.496 e. The number of hydrogen-bond donors (Lipinski definition) is 0. The highest BCUT2D eigenvalue weighted by atomic mass is 16.5. The van der Waals surface area contributed by atoms with Crippen molar-refractivity contribution in [3.8, 4) is 5.75 Å². The Morgan fingerprint density at radius 1 is 1.19 bits per heavy atom. The number of aryl methyl sites for hydroxylation is 1. The highest BCUT2D eigenvalue weighted by Crippen LogP contribution is 2.35. The Balaban J connectivity index is 2.57. The van der Waals surface area contributed by atoms with E-state index in [9.17, 15) is 0 Å². The fourth-order valence-electron chi connectivity index (χ4n) is 2.22. The summed E-state index contributed by atoms with van der Waals surface area (Å²) in [6.45, 7) is 6.70. The molecule has 1 aliphatic rings. The van der Waals surface area contributed by atoms with Gasteiger partial charge in [-0.1, -0.05) is 39.0 Å². The maximum absolute atomic E-state index is 5.50. The smallest absolute Gasteiger partial charge is 0.123 e. The molecule has 0 unspecified atom stereocenters. The Labute approximate surface area is 98.1 Å². The molecule has 0 heterocycles. The lowest BCUT2D eigenvalue weighted by molar-refractivity contribution is 0.397. The number of methoxy groups -OCH3 is 1. The van der Waals surface area contributed by atoms with E-state index in [1.807, 2.05) is 0 Å². The summed E-state index contributed by atoms with van der Waals surface area (Å²) in [4.78, 5) is 0. The quantitative estimate of drug-likeness (QED) is 0.690. The van der Waals surface area contributed by atoms with Crippen LogP contribution < -0.4 is 4.74 Å². The van der Waals surface area contributed by atoms with Gasteiger partial charge in [0.1, 0.15) is 5.75 Å². The van der Waals surface area contributed by atoms with Gasteiger partial charge < -0.3 is 4.74 Å². The van der Waals surface area contributed by atoms with Gasteiger partial charge >= 0.3 is 0 Å². The summed E-state index contributed by atoms with van der Waals surface area (Å²) in [5.74, 6) is 1.01. The van der Waals surface area contributed by atoms with Crippen LogP contribution in [0.4, 0.5) is 0 Å². The molecule has 0 spiro atoms. The molecular formula is C15H20O. The summed E-state index contributed by atoms with van der Waals surface area (Å²) in [6.07, 6.45) is 6.74. The molecule has 1 aromatic carbocycles. The SMILES string of the molecule is COc1cc2c(cc1C(C)(C)C)CCC=C2. The van der Waals surface area contributed by atoms with Crippen LogP contribution in [0.25, 0.3) is 6.08 Å². The van der Waals surface area contributed by atoms with Gasteiger partial charge in [-0.05, 0) is 41.0 Å². The summed E-state index contributed by atoms with van der Waals surface area (Å²) in [5.41, 5.74) is 4.22. The molecule has 1 heteroatoms. The van der Waals surface area contributed by atoms with Crippen molar-refractivity contribution in [2.24, 2.45) is 0 Å². The van der Waals surface area contributed by atoms with Crippen LogP contribution in [0.5, 0.6) is 5.75 Å². The van der Waals surface area contributed by atoms with Crippen LogP contribution in [0.2, 0.25) is 0 Å². The Morgan fingerprint density at radius 3 is 2.56 bits per heavy atom. The third kappa shape index (κ3) is 1.99. The molecule has 16 heavy (non-hydrogen) atoms. The van der Waals surface area contributed by atoms with E-state index >= 15 is 0 Å². The average molecular weight is 216 g/mol. The average Bonchev–Trinajstić information content (AvgIpc) is 2.26. The van der Waals surface area contributed by atoms with Crippen LogP contribution in [0.1, 0.15) is 43.9 Å². The van der Waals surface area contributed by atoms with Gasteiger partial charge in [-0.2, -0.15) is 0 Å². The zero-order valence-electron chi connectivity index (χ0n) is 10.6. The van der Waals surface area contributed by atoms with E-state index in [2.05, 4.69) is 45.1 Å². The molecule has 0 bridgehead atoms. The zero-order valence-corrected chi connectivity index (χ0v) is 10.6. The van der Waals surface area contributed by atoms with Crippen molar-refractivity contribution in [3.05, 3.63) is 34.9 Å². The van der Waals surface area contributed by atoms with Crippen LogP contribution in [-0.4, -0.2) is 7.11 Å². The minimum absolute atomic E-state index is 0.140. The van der Waals surface area contributed by atoms with Gasteiger partial charge in [0.15, 0.2) is 0 Å². The summed E-state index contributed by atoms with van der Waals surface area (Å²) < 4.78 is 5.50. The fourth-order valence-corrected chi connectivity index (χ4v) is 2.22. The van der Waals surface area contributed by atoms with Crippen molar-refractivity contribution in [3.63, 3.8) is 0 Å². The Kier molecular flexibility index (Phi) is 2.79. The number of ether oxygens (including phenoxy) is 1. The maximum Gasteiger partial charge on any atom is 0.123 e. The summed E-state index contributed by atoms with van der Waals surface area (Å²) in [6, 6.07) is 4.49. The fraction of sp³-hybridized carbons (Fsp3) is 0.467. The van der Waals surface area contributed by atoms with E-state index in [4.69, 9.17) is 4.74 Å². The highest BCUT2D eigenvalue weighted by molar-refractivity contribution is 5.61. The van der Waals surface area contributed by atoms with Gasteiger partial charge in [-0.3, -0.25) is 0 Å². The lowest BCUT2D eigenvalue weighted by Gasteiger charge is -2.24. The summed E-state index contributed by atoms with van der Waals surface area (Å²) >= 11 is 0. The second-order valence-electron chi connectivity index (χ2n) is 5.44. The largest absolute Gasteiger partial charge is 0.496 e. The van der Waals surface area contributed by atoms with Crippen molar-refractivity contribution in [1.82, 2.24) is 0 Å². The van der Waals surface area contributed by atoms with Crippen LogP contribution in [0.3, 0.4) is 0 Å². The molecule has 0 aliphatic heterocycles. The van der Waals surface area contributed by atoms with Gasteiger partial charge in [0.05, 0.1) is 7.11 Å². The zero-order chi connectivity index (χ0) is 11.8. The molecule has 0 saturated carbocycles. The van der Waals surface area contributed by atoms with E-state index in [1.165, 1.54) is 16.7 Å².